The Kier molecular flexibility index (Phi) is 8.82. The smallest absolute Gasteiger partial charge is 0.0526 e. The zero-order valence-electron chi connectivity index (χ0n) is 31.4. The van der Waals surface area contributed by atoms with Gasteiger partial charge in [0.1, 0.15) is 0 Å². The molecule has 234 valence electrons. The van der Waals surface area contributed by atoms with Crippen molar-refractivity contribution >= 4 is 17.1 Å². The second kappa shape index (κ2) is 11.6. The maximum Gasteiger partial charge on any atom is 0.0526 e. The molecule has 0 amide bonds. The minimum atomic E-state index is 1.34. The van der Waals surface area contributed by atoms with Gasteiger partial charge in [-0.2, -0.15) is 0 Å². The van der Waals surface area contributed by atoms with Gasteiger partial charge in [0.2, 0.25) is 0 Å². The number of nitrogens with zero attached hydrogens (tertiary/aromatic N) is 1. The Balaban J connectivity index is 2.28. The molecule has 4 aromatic rings. The Morgan fingerprint density at radius 3 is 0.545 bits per heavy atom. The predicted molar refractivity (Wildman–Crippen MR) is 197 cm³/mol. The van der Waals surface area contributed by atoms with Gasteiger partial charge in [-0.3, -0.25) is 0 Å². The molecule has 1 nitrogen and oxygen atoms in total. The predicted octanol–water partition coefficient (Wildman–Crippen LogP) is 12.7. The first-order valence-electron chi connectivity index (χ1n) is 16.4. The van der Waals surface area contributed by atoms with E-state index in [4.69, 9.17) is 0 Å². The number of anilines is 3. The Morgan fingerprint density at radius 2 is 0.318 bits per heavy atom. The molecule has 0 aliphatic carbocycles. The number of hydrogen-bond acceptors (Lipinski definition) is 1. The summed E-state index contributed by atoms with van der Waals surface area (Å²) < 4.78 is 0. The summed E-state index contributed by atoms with van der Waals surface area (Å²) in [5, 5.41) is 0. The quantitative estimate of drug-likeness (QED) is 0.229. The van der Waals surface area contributed by atoms with Crippen LogP contribution in [0, 0.1) is 132 Å². The van der Waals surface area contributed by atoms with Gasteiger partial charge in [-0.05, 0) is 248 Å². The third kappa shape index (κ3) is 4.65. The highest BCUT2D eigenvalue weighted by molar-refractivity contribution is 5.92. The van der Waals surface area contributed by atoms with Crippen molar-refractivity contribution in [2.75, 3.05) is 4.90 Å². The van der Waals surface area contributed by atoms with E-state index in [0.29, 0.717) is 0 Å². The molecule has 4 rings (SSSR count). The van der Waals surface area contributed by atoms with E-state index in [1.54, 1.807) is 0 Å². The van der Waals surface area contributed by atoms with E-state index in [1.165, 1.54) is 134 Å². The van der Waals surface area contributed by atoms with E-state index in [-0.39, 0.29) is 0 Å². The molecule has 44 heavy (non-hydrogen) atoms. The van der Waals surface area contributed by atoms with Gasteiger partial charge in [-0.1, -0.05) is 0 Å². The summed E-state index contributed by atoms with van der Waals surface area (Å²) in [6, 6.07) is 0. The van der Waals surface area contributed by atoms with E-state index >= 15 is 0 Å². The Labute approximate surface area is 269 Å². The molecule has 0 atom stereocenters. The van der Waals surface area contributed by atoms with Crippen molar-refractivity contribution in [2.24, 2.45) is 0 Å². The molecule has 0 aliphatic rings. The van der Waals surface area contributed by atoms with Gasteiger partial charge in [0, 0.05) is 0 Å². The Morgan fingerprint density at radius 1 is 0.182 bits per heavy atom. The van der Waals surface area contributed by atoms with Gasteiger partial charge in [0.15, 0.2) is 0 Å². The van der Waals surface area contributed by atoms with E-state index < -0.39 is 0 Å². The molecule has 0 bridgehead atoms. The van der Waals surface area contributed by atoms with Crippen molar-refractivity contribution < 1.29 is 0 Å². The van der Waals surface area contributed by atoms with Crippen LogP contribution in [0.4, 0.5) is 17.1 Å². The highest BCUT2D eigenvalue weighted by atomic mass is 15.2. The van der Waals surface area contributed by atoms with Crippen LogP contribution in [0.25, 0.3) is 11.1 Å². The summed E-state index contributed by atoms with van der Waals surface area (Å²) in [5.41, 5.74) is 33.3. The molecule has 0 aromatic heterocycles. The lowest BCUT2D eigenvalue weighted by atomic mass is 9.80. The van der Waals surface area contributed by atoms with Crippen LogP contribution in [0.2, 0.25) is 0 Å². The summed E-state index contributed by atoms with van der Waals surface area (Å²) in [7, 11) is 0. The van der Waals surface area contributed by atoms with Crippen molar-refractivity contribution in [1.82, 2.24) is 0 Å². The normalized spacial score (nSPS) is 11.5. The maximum atomic E-state index is 2.67. The first kappa shape index (κ1) is 33.6. The van der Waals surface area contributed by atoms with E-state index in [9.17, 15) is 0 Å². The fraction of sp³-hybridized carbons (Fsp3) is 0.442. The van der Waals surface area contributed by atoms with Crippen LogP contribution in [-0.2, 0) is 0 Å². The fourth-order valence-corrected chi connectivity index (χ4v) is 7.84. The van der Waals surface area contributed by atoms with Crippen LogP contribution >= 0.6 is 0 Å². The number of rotatable bonds is 4. The number of benzene rings is 4. The standard InChI is InChI=1S/C43H57N/c1-20-23(4)29(10)39(30(11)24(20)5)40-31(12)37(18)43(38(19)32(40)13)44(41-33(14)25(6)21(2)26(7)34(41)15)42-35(16)27(8)22(3)28(9)36(42)17/h1-19H3. The summed E-state index contributed by atoms with van der Waals surface area (Å²) in [6.07, 6.45) is 0. The minimum absolute atomic E-state index is 1.34. The molecule has 0 fully saturated rings. The molecule has 0 radical (unpaired) electrons. The van der Waals surface area contributed by atoms with Crippen molar-refractivity contribution in [1.29, 1.82) is 0 Å². The minimum Gasteiger partial charge on any atom is -0.309 e. The molecule has 0 spiro atoms. The van der Waals surface area contributed by atoms with Gasteiger partial charge >= 0.3 is 0 Å². The molecule has 0 saturated heterocycles. The highest BCUT2D eigenvalue weighted by Crippen LogP contribution is 2.51. The van der Waals surface area contributed by atoms with Crippen molar-refractivity contribution in [3.63, 3.8) is 0 Å². The van der Waals surface area contributed by atoms with E-state index in [2.05, 4.69) is 136 Å². The average molecular weight is 588 g/mol. The second-order valence-corrected chi connectivity index (χ2v) is 14.0. The van der Waals surface area contributed by atoms with E-state index in [0.717, 1.165) is 0 Å². The van der Waals surface area contributed by atoms with Gasteiger partial charge in [-0.15, -0.1) is 0 Å². The van der Waals surface area contributed by atoms with E-state index in [1.807, 2.05) is 0 Å². The molecule has 4 aromatic carbocycles. The largest absolute Gasteiger partial charge is 0.309 e. The summed E-state index contributed by atoms with van der Waals surface area (Å²) in [4.78, 5) is 2.67. The lowest BCUT2D eigenvalue weighted by Gasteiger charge is -2.38. The zero-order valence-corrected chi connectivity index (χ0v) is 31.4. The highest BCUT2D eigenvalue weighted by Gasteiger charge is 2.30. The Bertz CT molecular complexity index is 1690. The monoisotopic (exact) mass is 587 g/mol. The first-order valence-corrected chi connectivity index (χ1v) is 16.4. The molecule has 1 heteroatoms. The van der Waals surface area contributed by atoms with Crippen LogP contribution in [0.5, 0.6) is 0 Å². The fourth-order valence-electron chi connectivity index (χ4n) is 7.84. The lowest BCUT2D eigenvalue weighted by molar-refractivity contribution is 1.07. The van der Waals surface area contributed by atoms with Crippen molar-refractivity contribution in [3.8, 4) is 11.1 Å². The summed E-state index contributed by atoms with van der Waals surface area (Å²) in [6.45, 7) is 44.1. The van der Waals surface area contributed by atoms with Gasteiger partial charge in [-0.25, -0.2) is 0 Å². The summed E-state index contributed by atoms with van der Waals surface area (Å²) in [5.74, 6) is 0. The molecular weight excluding hydrogens is 530 g/mol. The topological polar surface area (TPSA) is 3.24 Å². The van der Waals surface area contributed by atoms with Crippen LogP contribution in [0.1, 0.15) is 106 Å². The van der Waals surface area contributed by atoms with Crippen LogP contribution in [-0.4, -0.2) is 0 Å². The molecular formula is C43H57N. The van der Waals surface area contributed by atoms with Gasteiger partial charge in [0.05, 0.1) is 17.1 Å². The maximum absolute atomic E-state index is 2.67. The zero-order chi connectivity index (χ0) is 33.4. The van der Waals surface area contributed by atoms with Crippen LogP contribution in [0.3, 0.4) is 0 Å². The molecule has 0 saturated carbocycles. The second-order valence-electron chi connectivity index (χ2n) is 14.0. The molecule has 0 N–H and O–H groups in total. The first-order chi connectivity index (χ1) is 20.3. The average Bonchev–Trinajstić information content (AvgIpc) is 2.99. The van der Waals surface area contributed by atoms with Crippen molar-refractivity contribution in [2.45, 2.75) is 132 Å². The molecule has 0 heterocycles. The van der Waals surface area contributed by atoms with Gasteiger partial charge in [0.25, 0.3) is 0 Å². The third-order valence-corrected chi connectivity index (χ3v) is 12.4. The lowest BCUT2D eigenvalue weighted by Crippen LogP contribution is -2.21. The summed E-state index contributed by atoms with van der Waals surface area (Å²) >= 11 is 0. The van der Waals surface area contributed by atoms with Crippen molar-refractivity contribution in [3.05, 3.63) is 106 Å². The SMILES string of the molecule is Cc1c(C)c(C)c(-c2c(C)c(C)c(N(c3c(C)c(C)c(C)c(C)c3C)c3c(C)c(C)c(C)c(C)c3C)c(C)c2C)c(C)c1C. The molecule has 0 unspecified atom stereocenters. The third-order valence-electron chi connectivity index (χ3n) is 12.4. The van der Waals surface area contributed by atoms with Gasteiger partial charge < -0.3 is 4.90 Å². The van der Waals surface area contributed by atoms with Crippen LogP contribution < -0.4 is 4.90 Å². The Hall–Kier alpha value is -3.32. The molecule has 0 aliphatic heterocycles. The van der Waals surface area contributed by atoms with Crippen LogP contribution in [0.15, 0.2) is 0 Å². The number of hydrogen-bond donors (Lipinski definition) is 0.